The molecule has 0 radical (unpaired) electrons. The van der Waals surface area contributed by atoms with Crippen molar-refractivity contribution in [3.8, 4) is 0 Å². The smallest absolute Gasteiger partial charge is 0.232 e. The fourth-order valence-electron chi connectivity index (χ4n) is 4.00. The Labute approximate surface area is 183 Å². The van der Waals surface area contributed by atoms with Crippen molar-refractivity contribution in [1.82, 2.24) is 4.90 Å². The molecule has 1 fully saturated rings. The van der Waals surface area contributed by atoms with E-state index in [1.807, 2.05) is 17.0 Å². The third kappa shape index (κ3) is 4.88. The summed E-state index contributed by atoms with van der Waals surface area (Å²) >= 11 is 1.72. The molecule has 0 bridgehead atoms. The average Bonchev–Trinajstić information content (AvgIpc) is 2.81. The number of nitrogens with zero attached hydrogens (tertiary/aromatic N) is 2. The Morgan fingerprint density at radius 2 is 1.33 bits per heavy atom. The van der Waals surface area contributed by atoms with Gasteiger partial charge in [0.05, 0.1) is 11.0 Å². The van der Waals surface area contributed by atoms with Gasteiger partial charge in [0.25, 0.3) is 0 Å². The zero-order valence-electron chi connectivity index (χ0n) is 17.4. The molecule has 3 nitrogen and oxygen atoms in total. The van der Waals surface area contributed by atoms with E-state index in [0.717, 1.165) is 26.2 Å². The number of hydrogen-bond donors (Lipinski definition) is 0. The highest BCUT2D eigenvalue weighted by Crippen LogP contribution is 2.35. The molecule has 0 spiro atoms. The van der Waals surface area contributed by atoms with E-state index >= 15 is 0 Å². The second kappa shape index (κ2) is 9.86. The van der Waals surface area contributed by atoms with Gasteiger partial charge in [-0.1, -0.05) is 78.9 Å². The van der Waals surface area contributed by atoms with Crippen LogP contribution in [0.5, 0.6) is 0 Å². The van der Waals surface area contributed by atoms with Crippen LogP contribution in [0.3, 0.4) is 0 Å². The second-order valence-electron chi connectivity index (χ2n) is 7.67. The van der Waals surface area contributed by atoms with E-state index in [4.69, 9.17) is 0 Å². The molecule has 0 unspecified atom stereocenters. The van der Waals surface area contributed by atoms with E-state index in [1.54, 1.807) is 11.8 Å². The van der Waals surface area contributed by atoms with Gasteiger partial charge in [0.1, 0.15) is 0 Å². The van der Waals surface area contributed by atoms with Crippen molar-refractivity contribution >= 4 is 23.4 Å². The summed E-state index contributed by atoms with van der Waals surface area (Å²) in [7, 11) is 0. The van der Waals surface area contributed by atoms with Gasteiger partial charge in [-0.05, 0) is 29.7 Å². The number of thioether (sulfide) groups is 1. The van der Waals surface area contributed by atoms with Crippen molar-refractivity contribution in [3.05, 3.63) is 102 Å². The van der Waals surface area contributed by atoms with Crippen molar-refractivity contribution in [2.75, 3.05) is 36.8 Å². The molecule has 1 heterocycles. The van der Waals surface area contributed by atoms with Crippen LogP contribution in [0.15, 0.2) is 84.9 Å². The van der Waals surface area contributed by atoms with E-state index in [9.17, 15) is 4.79 Å². The molecule has 4 rings (SSSR count). The lowest BCUT2D eigenvalue weighted by molar-refractivity contribution is -0.128. The summed E-state index contributed by atoms with van der Waals surface area (Å²) in [6.45, 7) is 5.51. The molecule has 0 aromatic heterocycles. The monoisotopic (exact) mass is 416 g/mol. The van der Waals surface area contributed by atoms with E-state index in [0.29, 0.717) is 5.75 Å². The minimum Gasteiger partial charge on any atom is -0.368 e. The number of aryl methyl sites for hydroxylation is 1. The van der Waals surface area contributed by atoms with Gasteiger partial charge >= 0.3 is 0 Å². The topological polar surface area (TPSA) is 23.6 Å². The Bertz CT molecular complexity index is 914. The number of rotatable bonds is 6. The first-order valence-electron chi connectivity index (χ1n) is 10.5. The van der Waals surface area contributed by atoms with Crippen molar-refractivity contribution in [2.24, 2.45) is 0 Å². The quantitative estimate of drug-likeness (QED) is 0.554. The lowest BCUT2D eigenvalue weighted by Crippen LogP contribution is -2.49. The number of benzene rings is 3. The van der Waals surface area contributed by atoms with Crippen LogP contribution in [0.4, 0.5) is 5.69 Å². The summed E-state index contributed by atoms with van der Waals surface area (Å²) < 4.78 is 0. The molecular weight excluding hydrogens is 388 g/mol. The van der Waals surface area contributed by atoms with E-state index in [1.165, 1.54) is 22.4 Å². The fraction of sp³-hybridized carbons (Fsp3) is 0.269. The van der Waals surface area contributed by atoms with Crippen molar-refractivity contribution < 1.29 is 4.79 Å². The number of anilines is 1. The van der Waals surface area contributed by atoms with E-state index < -0.39 is 0 Å². The maximum atomic E-state index is 13.0. The minimum atomic E-state index is 0.171. The third-order valence-corrected chi connectivity index (χ3v) is 6.96. The summed E-state index contributed by atoms with van der Waals surface area (Å²) in [6.07, 6.45) is 0. The van der Waals surface area contributed by atoms with Crippen LogP contribution in [-0.2, 0) is 4.79 Å². The number of amides is 1. The Morgan fingerprint density at radius 1 is 0.800 bits per heavy atom. The van der Waals surface area contributed by atoms with Crippen LogP contribution >= 0.6 is 11.8 Å². The molecule has 154 valence electrons. The standard InChI is InChI=1S/C26H28N2OS/c1-21-10-8-9-15-24(21)27-16-18-28(19-17-27)25(29)20-30-26(22-11-4-2-5-12-22)23-13-6-3-7-14-23/h2-15,26H,16-20H2,1H3. The zero-order valence-corrected chi connectivity index (χ0v) is 18.2. The van der Waals surface area contributed by atoms with Gasteiger partial charge < -0.3 is 9.80 Å². The van der Waals surface area contributed by atoms with Crippen molar-refractivity contribution in [1.29, 1.82) is 0 Å². The summed E-state index contributed by atoms with van der Waals surface area (Å²) in [6, 6.07) is 29.4. The predicted octanol–water partition coefficient (Wildman–Crippen LogP) is 5.17. The highest BCUT2D eigenvalue weighted by molar-refractivity contribution is 8.00. The van der Waals surface area contributed by atoms with Gasteiger partial charge in [0.2, 0.25) is 5.91 Å². The second-order valence-corrected chi connectivity index (χ2v) is 8.76. The van der Waals surface area contributed by atoms with E-state index in [2.05, 4.69) is 84.6 Å². The Balaban J connectivity index is 1.37. The van der Waals surface area contributed by atoms with Gasteiger partial charge in [-0.25, -0.2) is 0 Å². The van der Waals surface area contributed by atoms with Gasteiger partial charge in [0.15, 0.2) is 0 Å². The van der Waals surface area contributed by atoms with Crippen molar-refractivity contribution in [2.45, 2.75) is 12.2 Å². The largest absolute Gasteiger partial charge is 0.368 e. The number of piperazine rings is 1. The molecule has 3 aromatic rings. The molecule has 0 atom stereocenters. The van der Waals surface area contributed by atoms with Crippen LogP contribution in [0.25, 0.3) is 0 Å². The highest BCUT2D eigenvalue weighted by Gasteiger charge is 2.23. The number of carbonyl (C=O) groups is 1. The van der Waals surface area contributed by atoms with Crippen LogP contribution < -0.4 is 4.90 Å². The Kier molecular flexibility index (Phi) is 6.75. The molecule has 0 N–H and O–H groups in total. The first-order chi connectivity index (χ1) is 14.7. The fourth-order valence-corrected chi connectivity index (χ4v) is 5.19. The highest BCUT2D eigenvalue weighted by atomic mass is 32.2. The van der Waals surface area contributed by atoms with Crippen LogP contribution in [-0.4, -0.2) is 42.7 Å². The van der Waals surface area contributed by atoms with Gasteiger partial charge in [-0.3, -0.25) is 4.79 Å². The Morgan fingerprint density at radius 3 is 1.90 bits per heavy atom. The van der Waals surface area contributed by atoms with Crippen LogP contribution in [0.2, 0.25) is 0 Å². The normalized spacial score (nSPS) is 14.2. The summed E-state index contributed by atoms with van der Waals surface area (Å²) in [5.41, 5.74) is 5.06. The van der Waals surface area contributed by atoms with Gasteiger partial charge in [0, 0.05) is 31.9 Å². The molecule has 0 aliphatic carbocycles. The first-order valence-corrected chi connectivity index (χ1v) is 11.6. The van der Waals surface area contributed by atoms with Crippen LogP contribution in [0.1, 0.15) is 21.9 Å². The molecule has 1 aliphatic rings. The predicted molar refractivity (Wildman–Crippen MR) is 127 cm³/mol. The SMILES string of the molecule is Cc1ccccc1N1CCN(C(=O)CSC(c2ccccc2)c2ccccc2)CC1. The maximum absolute atomic E-state index is 13.0. The molecule has 1 amide bonds. The number of para-hydroxylation sites is 1. The molecule has 3 aromatic carbocycles. The molecule has 1 saturated heterocycles. The maximum Gasteiger partial charge on any atom is 0.232 e. The lowest BCUT2D eigenvalue weighted by atomic mass is 10.0. The molecule has 30 heavy (non-hydrogen) atoms. The number of carbonyl (C=O) groups excluding carboxylic acids is 1. The lowest BCUT2D eigenvalue weighted by Gasteiger charge is -2.37. The van der Waals surface area contributed by atoms with Crippen LogP contribution in [0, 0.1) is 6.92 Å². The summed E-state index contributed by atoms with van der Waals surface area (Å²) in [4.78, 5) is 17.4. The molecule has 0 saturated carbocycles. The number of hydrogen-bond acceptors (Lipinski definition) is 3. The van der Waals surface area contributed by atoms with Crippen molar-refractivity contribution in [3.63, 3.8) is 0 Å². The van der Waals surface area contributed by atoms with E-state index in [-0.39, 0.29) is 11.2 Å². The van der Waals surface area contributed by atoms with Gasteiger partial charge in [-0.15, -0.1) is 11.8 Å². The molecule has 4 heteroatoms. The Hall–Kier alpha value is -2.72. The molecular formula is C26H28N2OS. The summed E-state index contributed by atoms with van der Waals surface area (Å²) in [5, 5.41) is 0.171. The zero-order chi connectivity index (χ0) is 20.8. The van der Waals surface area contributed by atoms with Gasteiger partial charge in [-0.2, -0.15) is 0 Å². The minimum absolute atomic E-state index is 0.171. The average molecular weight is 417 g/mol. The summed E-state index contributed by atoms with van der Waals surface area (Å²) in [5.74, 6) is 0.736. The molecule has 1 aliphatic heterocycles. The third-order valence-electron chi connectivity index (χ3n) is 5.67. The first kappa shape index (κ1) is 20.5.